The Balaban J connectivity index is 0.866. The Labute approximate surface area is 336 Å². The zero-order chi connectivity index (χ0) is 40.6. The number of nitrogens with one attached hydrogen (secondary N) is 2. The molecule has 0 radical (unpaired) electrons. The third-order valence-corrected chi connectivity index (χ3v) is 11.0. The molecule has 2 saturated heterocycles. The minimum Gasteiger partial charge on any atom is -0.491 e. The van der Waals surface area contributed by atoms with E-state index in [2.05, 4.69) is 10.6 Å². The Morgan fingerprint density at radius 3 is 2.12 bits per heavy atom. The molecule has 304 valence electrons. The van der Waals surface area contributed by atoms with E-state index in [0.29, 0.717) is 76.2 Å². The monoisotopic (exact) mass is 807 g/mol. The Morgan fingerprint density at radius 1 is 0.895 bits per heavy atom. The fourth-order valence-corrected chi connectivity index (χ4v) is 8.18. The van der Waals surface area contributed by atoms with Gasteiger partial charge in [-0.15, -0.1) is 0 Å². The van der Waals surface area contributed by atoms with E-state index in [0.717, 1.165) is 34.6 Å². The van der Waals surface area contributed by atoms with Crippen LogP contribution in [-0.2, 0) is 30.0 Å². The van der Waals surface area contributed by atoms with Crippen LogP contribution in [0.3, 0.4) is 0 Å². The van der Waals surface area contributed by atoms with Crippen LogP contribution in [0.25, 0.3) is 11.1 Å². The number of amides is 2. The summed E-state index contributed by atoms with van der Waals surface area (Å²) in [5, 5.41) is 15.7. The van der Waals surface area contributed by atoms with Crippen molar-refractivity contribution in [1.29, 1.82) is 5.26 Å². The average Bonchev–Trinajstić information content (AvgIpc) is 3.71. The van der Waals surface area contributed by atoms with Gasteiger partial charge in [-0.1, -0.05) is 37.1 Å². The van der Waals surface area contributed by atoms with Crippen molar-refractivity contribution < 1.29 is 41.7 Å². The molecule has 2 heterocycles. The minimum atomic E-state index is -4.78. The molecule has 3 atom stereocenters. The van der Waals surface area contributed by atoms with Crippen LogP contribution in [0.4, 0.5) is 24.5 Å². The number of thiocarbonyl (C=S) groups is 1. The van der Waals surface area contributed by atoms with Crippen molar-refractivity contribution in [3.63, 3.8) is 0 Å². The van der Waals surface area contributed by atoms with Crippen molar-refractivity contribution in [3.05, 3.63) is 77.9 Å². The van der Waals surface area contributed by atoms with Crippen molar-refractivity contribution in [3.8, 4) is 22.9 Å². The maximum Gasteiger partial charge on any atom is 0.417 e. The summed E-state index contributed by atoms with van der Waals surface area (Å²) in [5.74, 6) is 0.893. The predicted octanol–water partition coefficient (Wildman–Crippen LogP) is 6.63. The minimum absolute atomic E-state index is 0.0294. The smallest absolute Gasteiger partial charge is 0.417 e. The fourth-order valence-electron chi connectivity index (χ4n) is 7.66. The number of ether oxygens (including phenoxy) is 4. The van der Waals surface area contributed by atoms with E-state index in [-0.39, 0.29) is 22.7 Å². The molecule has 11 nitrogen and oxygen atoms in total. The first-order valence-electron chi connectivity index (χ1n) is 19.3. The first-order chi connectivity index (χ1) is 27.4. The molecule has 15 heteroatoms. The van der Waals surface area contributed by atoms with Gasteiger partial charge in [0.05, 0.1) is 68.6 Å². The number of fused-ring (bicyclic) bond motifs is 1. The lowest BCUT2D eigenvalue weighted by Gasteiger charge is -2.29. The van der Waals surface area contributed by atoms with Gasteiger partial charge in [-0.2, -0.15) is 18.4 Å². The van der Waals surface area contributed by atoms with Gasteiger partial charge in [-0.05, 0) is 105 Å². The molecular formula is C42H48F3N5O6S. The van der Waals surface area contributed by atoms with Crippen LogP contribution in [0.1, 0.15) is 57.1 Å². The van der Waals surface area contributed by atoms with Gasteiger partial charge in [0.25, 0.3) is 5.91 Å². The van der Waals surface area contributed by atoms with Gasteiger partial charge in [0.1, 0.15) is 17.9 Å². The number of anilines is 2. The van der Waals surface area contributed by atoms with Gasteiger partial charge in [0, 0.05) is 18.3 Å². The summed E-state index contributed by atoms with van der Waals surface area (Å²) in [6.45, 7) is 6.72. The van der Waals surface area contributed by atoms with E-state index in [9.17, 15) is 28.0 Å². The van der Waals surface area contributed by atoms with Crippen molar-refractivity contribution in [2.24, 2.45) is 5.92 Å². The van der Waals surface area contributed by atoms with Crippen LogP contribution in [0.2, 0.25) is 0 Å². The molecule has 2 aliphatic heterocycles. The fraction of sp³-hybridized carbons (Fsp3) is 0.476. The molecule has 2 amide bonds. The topological polar surface area (TPSA) is 125 Å². The molecule has 3 aromatic rings. The second-order valence-electron chi connectivity index (χ2n) is 14.8. The molecule has 3 fully saturated rings. The second-order valence-corrected chi connectivity index (χ2v) is 15.2. The zero-order valence-corrected chi connectivity index (χ0v) is 32.9. The number of nitriles is 1. The van der Waals surface area contributed by atoms with Gasteiger partial charge in [0.15, 0.2) is 5.11 Å². The van der Waals surface area contributed by atoms with Crippen molar-refractivity contribution in [1.82, 2.24) is 10.6 Å². The summed E-state index contributed by atoms with van der Waals surface area (Å²) in [4.78, 5) is 28.7. The maximum atomic E-state index is 13.7. The Morgan fingerprint density at radius 2 is 1.49 bits per heavy atom. The number of alkyl halides is 3. The SMILES string of the molecule is CC1(C)C(=O)N(c2ccc(C#N)c(C(F)(F)F)c2)C(=S)N1c1ccc(-c2ccc(OCCOCCOCCOCCNC(=O)[C@@H]3C[C@@H]4CCCC[C@@H]4N3)cc2)cc1. The highest BCUT2D eigenvalue weighted by Gasteiger charge is 2.50. The van der Waals surface area contributed by atoms with Gasteiger partial charge in [-0.25, -0.2) is 0 Å². The number of rotatable bonds is 17. The maximum absolute atomic E-state index is 13.7. The number of hydrogen-bond acceptors (Lipinski definition) is 9. The van der Waals surface area contributed by atoms with Crippen LogP contribution >= 0.6 is 12.2 Å². The third-order valence-electron chi connectivity index (χ3n) is 10.6. The van der Waals surface area contributed by atoms with Crippen LogP contribution in [0.5, 0.6) is 5.75 Å². The molecule has 0 aromatic heterocycles. The van der Waals surface area contributed by atoms with Crippen molar-refractivity contribution >= 4 is 40.5 Å². The highest BCUT2D eigenvalue weighted by molar-refractivity contribution is 7.81. The first kappa shape index (κ1) is 42.0. The molecule has 6 rings (SSSR count). The average molecular weight is 808 g/mol. The summed E-state index contributed by atoms with van der Waals surface area (Å²) in [6, 6.07) is 20.0. The molecule has 3 aromatic carbocycles. The largest absolute Gasteiger partial charge is 0.491 e. The quantitative estimate of drug-likeness (QED) is 0.114. The molecule has 0 spiro atoms. The summed E-state index contributed by atoms with van der Waals surface area (Å²) < 4.78 is 63.6. The number of nitrogens with zero attached hydrogens (tertiary/aromatic N) is 3. The zero-order valence-electron chi connectivity index (χ0n) is 32.1. The Kier molecular flexibility index (Phi) is 13.8. The van der Waals surface area contributed by atoms with Crippen LogP contribution in [0, 0.1) is 17.2 Å². The predicted molar refractivity (Wildman–Crippen MR) is 213 cm³/mol. The number of carbonyl (C=O) groups is 2. The Hall–Kier alpha value is -4.59. The summed E-state index contributed by atoms with van der Waals surface area (Å²) in [7, 11) is 0. The number of carbonyl (C=O) groups excluding carboxylic acids is 2. The Bertz CT molecular complexity index is 1910. The molecular weight excluding hydrogens is 760 g/mol. The molecule has 57 heavy (non-hydrogen) atoms. The summed E-state index contributed by atoms with van der Waals surface area (Å²) in [5.41, 5.74) is -0.508. The van der Waals surface area contributed by atoms with E-state index in [1.165, 1.54) is 31.7 Å². The molecule has 0 unspecified atom stereocenters. The lowest BCUT2D eigenvalue weighted by molar-refractivity contribution is -0.137. The molecule has 1 saturated carbocycles. The van der Waals surface area contributed by atoms with Crippen molar-refractivity contribution in [2.45, 2.75) is 69.8 Å². The second kappa shape index (κ2) is 18.8. The van der Waals surface area contributed by atoms with Crippen LogP contribution < -0.4 is 25.2 Å². The molecule has 2 N–H and O–H groups in total. The third kappa shape index (κ3) is 10.1. The standard InChI is InChI=1S/C42H48F3N5O6S/c1-41(2)39(52)49(33-14-9-31(27-46)35(26-33)42(43,44)45)40(57)50(41)32-12-7-28(8-13-32)29-10-15-34(16-11-29)56-24-23-55-22-21-54-20-19-53-18-17-47-38(51)37-25-30-5-3-4-6-36(30)48-37/h7-16,26,30,36-37,48H,3-6,17-25H2,1-2H3,(H,47,51)/t30-,36-,37-/m0/s1. The van der Waals surface area contributed by atoms with Crippen molar-refractivity contribution in [2.75, 3.05) is 62.6 Å². The van der Waals surface area contributed by atoms with Gasteiger partial charge in [-0.3, -0.25) is 14.5 Å². The highest BCUT2D eigenvalue weighted by atomic mass is 32.1. The molecule has 0 bridgehead atoms. The van der Waals surface area contributed by atoms with E-state index < -0.39 is 28.7 Å². The summed E-state index contributed by atoms with van der Waals surface area (Å²) in [6.07, 6.45) is 1.07. The molecule has 3 aliphatic rings. The first-order valence-corrected chi connectivity index (χ1v) is 19.7. The lowest BCUT2D eigenvalue weighted by Crippen LogP contribution is -2.44. The van der Waals surface area contributed by atoms with E-state index in [1.807, 2.05) is 36.4 Å². The molecule has 1 aliphatic carbocycles. The number of halogens is 3. The van der Waals surface area contributed by atoms with E-state index in [4.69, 9.17) is 31.2 Å². The van der Waals surface area contributed by atoms with Crippen LogP contribution in [-0.4, -0.2) is 87.3 Å². The van der Waals surface area contributed by atoms with E-state index >= 15 is 0 Å². The van der Waals surface area contributed by atoms with Gasteiger partial charge in [0.2, 0.25) is 5.91 Å². The highest BCUT2D eigenvalue weighted by Crippen LogP contribution is 2.40. The lowest BCUT2D eigenvalue weighted by atomic mass is 9.85. The summed E-state index contributed by atoms with van der Waals surface area (Å²) >= 11 is 5.65. The van der Waals surface area contributed by atoms with Gasteiger partial charge < -0.3 is 34.5 Å². The number of benzene rings is 3. The van der Waals surface area contributed by atoms with Gasteiger partial charge >= 0.3 is 6.18 Å². The number of hydrogen-bond donors (Lipinski definition) is 2. The van der Waals surface area contributed by atoms with E-state index in [1.54, 1.807) is 36.9 Å². The van der Waals surface area contributed by atoms with Crippen LogP contribution in [0.15, 0.2) is 66.7 Å². The normalized spacial score (nSPS) is 20.4.